The van der Waals surface area contributed by atoms with Crippen LogP contribution in [0, 0.1) is 22.7 Å². The zero-order chi connectivity index (χ0) is 24.0. The predicted molar refractivity (Wildman–Crippen MR) is 114 cm³/mol. The summed E-state index contributed by atoms with van der Waals surface area (Å²) in [7, 11) is 0. The van der Waals surface area contributed by atoms with E-state index in [1.54, 1.807) is 6.08 Å². The van der Waals surface area contributed by atoms with Gasteiger partial charge in [-0.15, -0.1) is 0 Å². The van der Waals surface area contributed by atoms with E-state index in [2.05, 4.69) is 6.92 Å². The summed E-state index contributed by atoms with van der Waals surface area (Å²) >= 11 is 0. The van der Waals surface area contributed by atoms with Crippen LogP contribution in [-0.2, 0) is 33.4 Å². The van der Waals surface area contributed by atoms with Crippen molar-refractivity contribution in [1.82, 2.24) is 0 Å². The first-order valence-corrected chi connectivity index (χ1v) is 11.9. The van der Waals surface area contributed by atoms with Gasteiger partial charge in [0.15, 0.2) is 18.0 Å². The molecule has 8 heteroatoms. The molecule has 0 amide bonds. The van der Waals surface area contributed by atoms with Crippen LogP contribution in [0.2, 0.25) is 0 Å². The lowest BCUT2D eigenvalue weighted by Crippen LogP contribution is -2.64. The molecule has 3 saturated carbocycles. The number of rotatable bonds is 4. The molecule has 33 heavy (non-hydrogen) atoms. The van der Waals surface area contributed by atoms with Gasteiger partial charge in [0.2, 0.25) is 5.78 Å². The number of ketones is 2. The van der Waals surface area contributed by atoms with Gasteiger partial charge in [-0.3, -0.25) is 19.2 Å². The van der Waals surface area contributed by atoms with Gasteiger partial charge in [-0.05, 0) is 50.0 Å². The molecule has 0 aromatic carbocycles. The van der Waals surface area contributed by atoms with Crippen LogP contribution in [0.4, 0.5) is 0 Å². The molecule has 1 spiro atoms. The molecule has 8 atom stereocenters. The number of Topliss-reactive ketones (excluding diaryl/α,β-unsaturated/α-hetero) is 1. The topological polar surface area (TPSA) is 120 Å². The Labute approximate surface area is 193 Å². The van der Waals surface area contributed by atoms with Gasteiger partial charge >= 0.3 is 11.9 Å². The van der Waals surface area contributed by atoms with E-state index in [9.17, 15) is 24.3 Å². The average Bonchev–Trinajstić information content (AvgIpc) is 3.41. The second-order valence-corrected chi connectivity index (χ2v) is 11.0. The molecule has 0 aromatic rings. The minimum absolute atomic E-state index is 0.0604. The molecule has 1 aliphatic heterocycles. The molecule has 1 N–H and O–H groups in total. The first-order chi connectivity index (χ1) is 15.4. The fourth-order valence-electron chi connectivity index (χ4n) is 8.12. The molecule has 0 radical (unpaired) electrons. The molecule has 180 valence electrons. The van der Waals surface area contributed by atoms with Crippen molar-refractivity contribution in [2.75, 3.05) is 6.61 Å². The van der Waals surface area contributed by atoms with Gasteiger partial charge in [-0.25, -0.2) is 0 Å². The molecule has 0 aromatic heterocycles. The third kappa shape index (κ3) is 2.77. The van der Waals surface area contributed by atoms with E-state index < -0.39 is 47.0 Å². The van der Waals surface area contributed by atoms with Gasteiger partial charge in [0, 0.05) is 31.1 Å². The van der Waals surface area contributed by atoms with Crippen molar-refractivity contribution in [1.29, 1.82) is 0 Å². The van der Waals surface area contributed by atoms with Crippen molar-refractivity contribution in [3.05, 3.63) is 11.6 Å². The minimum atomic E-state index is -1.98. The maximum Gasteiger partial charge on any atom is 0.303 e. The van der Waals surface area contributed by atoms with Crippen LogP contribution >= 0.6 is 0 Å². The third-order valence-corrected chi connectivity index (χ3v) is 9.67. The van der Waals surface area contributed by atoms with Crippen LogP contribution < -0.4 is 0 Å². The van der Waals surface area contributed by atoms with E-state index in [0.29, 0.717) is 19.3 Å². The van der Waals surface area contributed by atoms with Gasteiger partial charge in [0.05, 0.1) is 6.10 Å². The second kappa shape index (κ2) is 6.98. The second-order valence-electron chi connectivity index (χ2n) is 11.0. The molecule has 4 fully saturated rings. The Morgan fingerprint density at radius 1 is 1.15 bits per heavy atom. The largest absolute Gasteiger partial charge is 0.459 e. The normalized spacial score (nSPS) is 47.3. The van der Waals surface area contributed by atoms with Crippen molar-refractivity contribution >= 4 is 23.5 Å². The quantitative estimate of drug-likeness (QED) is 0.500. The Morgan fingerprint density at radius 2 is 1.88 bits per heavy atom. The summed E-state index contributed by atoms with van der Waals surface area (Å²) in [5, 5.41) is 12.0. The number of ether oxygens (including phenoxy) is 3. The number of carbonyl (C=O) groups excluding carboxylic acids is 4. The van der Waals surface area contributed by atoms with Gasteiger partial charge < -0.3 is 19.3 Å². The molecule has 5 rings (SSSR count). The van der Waals surface area contributed by atoms with Crippen LogP contribution in [0.5, 0.6) is 0 Å². The maximum atomic E-state index is 13.3. The third-order valence-electron chi connectivity index (χ3n) is 9.67. The Hall–Kier alpha value is -2.06. The summed E-state index contributed by atoms with van der Waals surface area (Å²) in [6.07, 6.45) is 4.19. The van der Waals surface area contributed by atoms with E-state index in [4.69, 9.17) is 14.2 Å². The number of hydrogen-bond acceptors (Lipinski definition) is 8. The summed E-state index contributed by atoms with van der Waals surface area (Å²) in [6, 6.07) is 0. The first kappa shape index (κ1) is 22.7. The zero-order valence-corrected chi connectivity index (χ0v) is 19.6. The smallest absolute Gasteiger partial charge is 0.303 e. The highest BCUT2D eigenvalue weighted by Gasteiger charge is 2.83. The van der Waals surface area contributed by atoms with Gasteiger partial charge in [-0.1, -0.05) is 19.4 Å². The fourth-order valence-corrected chi connectivity index (χ4v) is 8.12. The van der Waals surface area contributed by atoms with E-state index in [1.807, 2.05) is 6.92 Å². The zero-order valence-electron chi connectivity index (χ0n) is 19.6. The summed E-state index contributed by atoms with van der Waals surface area (Å²) in [4.78, 5) is 48.7. The molecule has 0 unspecified atom stereocenters. The number of carbonyl (C=O) groups is 4. The molecule has 4 aliphatic carbocycles. The lowest BCUT2D eigenvalue weighted by atomic mass is 9.46. The Kier molecular flexibility index (Phi) is 4.80. The summed E-state index contributed by atoms with van der Waals surface area (Å²) in [5.74, 6) is -1.73. The highest BCUT2D eigenvalue weighted by Crippen LogP contribution is 2.76. The van der Waals surface area contributed by atoms with Crippen molar-refractivity contribution in [2.24, 2.45) is 22.7 Å². The SMILES string of the molecule is CC(=O)OCC(=O)[C@@]1(O)[C@H](OC(C)=O)C[C@H]2[C@@H]3CCC4=CC(=O)CC[C@]4(C)[C@@]34O[C@H]4C[C@@]21C. The van der Waals surface area contributed by atoms with Crippen molar-refractivity contribution in [3.8, 4) is 0 Å². The van der Waals surface area contributed by atoms with Gasteiger partial charge in [-0.2, -0.15) is 0 Å². The van der Waals surface area contributed by atoms with Crippen molar-refractivity contribution in [2.45, 2.75) is 89.6 Å². The Balaban J connectivity index is 1.54. The average molecular weight is 461 g/mol. The Morgan fingerprint density at radius 3 is 2.55 bits per heavy atom. The highest BCUT2D eigenvalue weighted by molar-refractivity contribution is 5.93. The molecular formula is C25H32O8. The molecule has 5 aliphatic rings. The number of fused-ring (bicyclic) bond motifs is 3. The van der Waals surface area contributed by atoms with E-state index in [-0.39, 0.29) is 29.1 Å². The Bertz CT molecular complexity index is 985. The molecule has 1 saturated heterocycles. The molecular weight excluding hydrogens is 428 g/mol. The molecule has 8 nitrogen and oxygen atoms in total. The van der Waals surface area contributed by atoms with Crippen LogP contribution in [-0.4, -0.2) is 58.6 Å². The van der Waals surface area contributed by atoms with Gasteiger partial charge in [0.25, 0.3) is 0 Å². The standard InChI is InChI=1S/C25H32O8/c1-13(26)31-12-19(29)24(30)20(32-14(2)27)10-18-17-6-5-15-9-16(28)7-8-22(15,3)25(17)21(33-25)11-23(18,24)4/h9,17-18,20-21,30H,5-8,10-12H2,1-4H3/t17-,18-,20+,21-,22-,23-,24+,25+/m0/s1. The van der Waals surface area contributed by atoms with Crippen LogP contribution in [0.1, 0.15) is 66.2 Å². The lowest BCUT2D eigenvalue weighted by Gasteiger charge is -2.56. The van der Waals surface area contributed by atoms with Gasteiger partial charge in [0.1, 0.15) is 11.7 Å². The van der Waals surface area contributed by atoms with E-state index in [0.717, 1.165) is 24.8 Å². The summed E-state index contributed by atoms with van der Waals surface area (Å²) in [6.45, 7) is 5.98. The number of aliphatic hydroxyl groups is 1. The van der Waals surface area contributed by atoms with Crippen molar-refractivity contribution in [3.63, 3.8) is 0 Å². The number of hydrogen-bond donors (Lipinski definition) is 1. The monoisotopic (exact) mass is 460 g/mol. The lowest BCUT2D eigenvalue weighted by molar-refractivity contribution is -0.187. The minimum Gasteiger partial charge on any atom is -0.459 e. The highest BCUT2D eigenvalue weighted by atomic mass is 16.6. The molecule has 1 heterocycles. The number of esters is 2. The van der Waals surface area contributed by atoms with Crippen LogP contribution in [0.3, 0.4) is 0 Å². The number of epoxide rings is 1. The fraction of sp³-hybridized carbons (Fsp3) is 0.760. The van der Waals surface area contributed by atoms with E-state index >= 15 is 0 Å². The summed E-state index contributed by atoms with van der Waals surface area (Å²) < 4.78 is 17.0. The van der Waals surface area contributed by atoms with Crippen LogP contribution in [0.25, 0.3) is 0 Å². The maximum absolute atomic E-state index is 13.3. The summed E-state index contributed by atoms with van der Waals surface area (Å²) in [5.41, 5.74) is -2.41. The van der Waals surface area contributed by atoms with Crippen LogP contribution in [0.15, 0.2) is 11.6 Å². The predicted octanol–water partition coefficient (Wildman–Crippen LogP) is 2.05. The molecule has 0 bridgehead atoms. The van der Waals surface area contributed by atoms with Crippen molar-refractivity contribution < 1.29 is 38.5 Å². The van der Waals surface area contributed by atoms with E-state index in [1.165, 1.54) is 13.8 Å². The first-order valence-electron chi connectivity index (χ1n) is 11.9.